The summed E-state index contributed by atoms with van der Waals surface area (Å²) in [5.74, 6) is 0. The highest BCUT2D eigenvalue weighted by molar-refractivity contribution is 5.06. The van der Waals surface area contributed by atoms with Gasteiger partial charge in [0.15, 0.2) is 0 Å². The van der Waals surface area contributed by atoms with Crippen LogP contribution in [0.5, 0.6) is 0 Å². The molecule has 2 heteroatoms. The summed E-state index contributed by atoms with van der Waals surface area (Å²) < 4.78 is 4.62. The van der Waals surface area contributed by atoms with Crippen LogP contribution in [0.15, 0.2) is 29.0 Å². The molecule has 0 aliphatic heterocycles. The minimum absolute atomic E-state index is 0.816. The molecule has 2 nitrogen and oxygen atoms in total. The zero-order valence-corrected chi connectivity index (χ0v) is 5.42. The number of hydrogen-bond donors (Lipinski definition) is 0. The molecule has 1 rings (SSSR count). The Kier molecular flexibility index (Phi) is 1.68. The average Bonchev–Trinajstić information content (AvgIpc) is 2.15. The van der Waals surface area contributed by atoms with Crippen molar-refractivity contribution in [3.8, 4) is 0 Å². The first-order valence-corrected chi connectivity index (χ1v) is 2.82. The minimum atomic E-state index is 0.816. The van der Waals surface area contributed by atoms with Crippen LogP contribution < -0.4 is 0 Å². The Balaban J connectivity index is 2.58. The van der Waals surface area contributed by atoms with Crippen LogP contribution in [0.2, 0.25) is 0 Å². The lowest BCUT2D eigenvalue weighted by atomic mass is 10.2. The average molecular weight is 123 g/mol. The molecule has 0 N–H and O–H groups in total. The van der Waals surface area contributed by atoms with E-state index < -0.39 is 0 Å². The van der Waals surface area contributed by atoms with Crippen LogP contribution in [-0.2, 0) is 6.42 Å². The van der Waals surface area contributed by atoms with E-state index in [0.717, 1.165) is 17.7 Å². The van der Waals surface area contributed by atoms with E-state index in [-0.39, 0.29) is 0 Å². The predicted molar refractivity (Wildman–Crippen MR) is 35.0 cm³/mol. The van der Waals surface area contributed by atoms with E-state index in [1.807, 2.05) is 13.0 Å². The molecule has 0 spiro atoms. The van der Waals surface area contributed by atoms with Crippen molar-refractivity contribution in [2.24, 2.45) is 0 Å². The van der Waals surface area contributed by atoms with Crippen molar-refractivity contribution < 1.29 is 4.52 Å². The highest BCUT2D eigenvalue weighted by atomic mass is 16.5. The molecule has 0 bridgehead atoms. The first kappa shape index (κ1) is 6.08. The maximum absolute atomic E-state index is 4.62. The van der Waals surface area contributed by atoms with E-state index in [2.05, 4.69) is 16.3 Å². The van der Waals surface area contributed by atoms with Gasteiger partial charge in [0.1, 0.15) is 6.26 Å². The van der Waals surface area contributed by atoms with E-state index in [0.29, 0.717) is 0 Å². The Morgan fingerprint density at radius 3 is 3.11 bits per heavy atom. The van der Waals surface area contributed by atoms with Crippen molar-refractivity contribution >= 4 is 0 Å². The molecule has 48 valence electrons. The third-order valence-corrected chi connectivity index (χ3v) is 0.974. The Bertz CT molecular complexity index is 189. The van der Waals surface area contributed by atoms with Gasteiger partial charge in [-0.2, -0.15) is 0 Å². The van der Waals surface area contributed by atoms with Crippen molar-refractivity contribution in [3.05, 3.63) is 30.2 Å². The lowest BCUT2D eigenvalue weighted by molar-refractivity contribution is 0.413. The Morgan fingerprint density at radius 1 is 1.89 bits per heavy atom. The number of allylic oxidation sites excluding steroid dienone is 1. The van der Waals surface area contributed by atoms with Gasteiger partial charge in [-0.1, -0.05) is 17.3 Å². The fourth-order valence-electron chi connectivity index (χ4n) is 0.638. The van der Waals surface area contributed by atoms with Crippen LogP contribution in [0.4, 0.5) is 0 Å². The van der Waals surface area contributed by atoms with Crippen molar-refractivity contribution in [1.82, 2.24) is 5.16 Å². The topological polar surface area (TPSA) is 26.0 Å². The van der Waals surface area contributed by atoms with Crippen LogP contribution in [0.3, 0.4) is 0 Å². The summed E-state index contributed by atoms with van der Waals surface area (Å²) in [6, 6.07) is 1.84. The van der Waals surface area contributed by atoms with Crippen molar-refractivity contribution in [3.63, 3.8) is 0 Å². The molecular formula is C7H9NO. The quantitative estimate of drug-likeness (QED) is 0.560. The summed E-state index contributed by atoms with van der Waals surface area (Å²) in [7, 11) is 0. The molecule has 0 atom stereocenters. The predicted octanol–water partition coefficient (Wildman–Crippen LogP) is 1.79. The van der Waals surface area contributed by atoms with Crippen molar-refractivity contribution in [2.45, 2.75) is 13.3 Å². The SMILES string of the molecule is C=C(C)Cc1ccon1. The molecule has 0 amide bonds. The number of rotatable bonds is 2. The number of nitrogens with zero attached hydrogens (tertiary/aromatic N) is 1. The van der Waals surface area contributed by atoms with E-state index in [4.69, 9.17) is 0 Å². The first-order chi connectivity index (χ1) is 4.29. The van der Waals surface area contributed by atoms with Gasteiger partial charge in [-0.25, -0.2) is 0 Å². The maximum Gasteiger partial charge on any atom is 0.124 e. The summed E-state index contributed by atoms with van der Waals surface area (Å²) in [5.41, 5.74) is 2.05. The summed E-state index contributed by atoms with van der Waals surface area (Å²) in [6.07, 6.45) is 2.38. The molecule has 0 fully saturated rings. The Hall–Kier alpha value is -1.05. The fourth-order valence-corrected chi connectivity index (χ4v) is 0.638. The molecule has 0 unspecified atom stereocenters. The number of hydrogen-bond acceptors (Lipinski definition) is 2. The molecule has 0 aromatic carbocycles. The molecule has 1 aromatic heterocycles. The largest absolute Gasteiger partial charge is 0.365 e. The van der Waals surface area contributed by atoms with Gasteiger partial charge in [0.2, 0.25) is 0 Å². The fraction of sp³-hybridized carbons (Fsp3) is 0.286. The van der Waals surface area contributed by atoms with Gasteiger partial charge in [-0.15, -0.1) is 0 Å². The molecule has 0 aliphatic carbocycles. The second-order valence-electron chi connectivity index (χ2n) is 2.12. The molecule has 0 saturated heterocycles. The first-order valence-electron chi connectivity index (χ1n) is 2.82. The molecule has 1 heterocycles. The van der Waals surface area contributed by atoms with Crippen LogP contribution in [0.1, 0.15) is 12.6 Å². The van der Waals surface area contributed by atoms with Gasteiger partial charge in [-0.05, 0) is 6.92 Å². The highest BCUT2D eigenvalue weighted by Crippen LogP contribution is 2.01. The molecule has 0 radical (unpaired) electrons. The zero-order chi connectivity index (χ0) is 6.69. The Labute approximate surface area is 54.2 Å². The molecule has 1 aromatic rings. The van der Waals surface area contributed by atoms with Crippen LogP contribution in [0.25, 0.3) is 0 Å². The van der Waals surface area contributed by atoms with Crippen LogP contribution in [0, 0.1) is 0 Å². The normalized spacial score (nSPS) is 9.44. The Morgan fingerprint density at radius 2 is 2.67 bits per heavy atom. The molecular weight excluding hydrogens is 114 g/mol. The van der Waals surface area contributed by atoms with Gasteiger partial charge >= 0.3 is 0 Å². The van der Waals surface area contributed by atoms with Gasteiger partial charge in [0.05, 0.1) is 5.69 Å². The van der Waals surface area contributed by atoms with E-state index in [1.165, 1.54) is 0 Å². The summed E-state index contributed by atoms with van der Waals surface area (Å²) in [4.78, 5) is 0. The summed E-state index contributed by atoms with van der Waals surface area (Å²) in [5, 5.41) is 3.72. The second kappa shape index (κ2) is 2.49. The molecule has 0 saturated carbocycles. The molecule has 0 aliphatic rings. The smallest absolute Gasteiger partial charge is 0.124 e. The van der Waals surface area contributed by atoms with Gasteiger partial charge in [0, 0.05) is 12.5 Å². The summed E-state index contributed by atoms with van der Waals surface area (Å²) >= 11 is 0. The highest BCUT2D eigenvalue weighted by Gasteiger charge is 1.93. The van der Waals surface area contributed by atoms with E-state index >= 15 is 0 Å². The lowest BCUT2D eigenvalue weighted by Crippen LogP contribution is -1.83. The van der Waals surface area contributed by atoms with Gasteiger partial charge in [0.25, 0.3) is 0 Å². The van der Waals surface area contributed by atoms with Crippen LogP contribution in [-0.4, -0.2) is 5.16 Å². The van der Waals surface area contributed by atoms with Crippen LogP contribution >= 0.6 is 0 Å². The van der Waals surface area contributed by atoms with E-state index in [9.17, 15) is 0 Å². The van der Waals surface area contributed by atoms with Gasteiger partial charge in [-0.3, -0.25) is 0 Å². The zero-order valence-electron chi connectivity index (χ0n) is 5.42. The van der Waals surface area contributed by atoms with E-state index in [1.54, 1.807) is 6.26 Å². The number of aromatic nitrogens is 1. The second-order valence-corrected chi connectivity index (χ2v) is 2.12. The molecule has 9 heavy (non-hydrogen) atoms. The van der Waals surface area contributed by atoms with Gasteiger partial charge < -0.3 is 4.52 Å². The lowest BCUT2D eigenvalue weighted by Gasteiger charge is -1.89. The standard InChI is InChI=1S/C7H9NO/c1-6(2)5-7-3-4-9-8-7/h3-4H,1,5H2,2H3. The minimum Gasteiger partial charge on any atom is -0.365 e. The van der Waals surface area contributed by atoms with Crippen molar-refractivity contribution in [2.75, 3.05) is 0 Å². The third-order valence-electron chi connectivity index (χ3n) is 0.974. The monoisotopic (exact) mass is 123 g/mol. The maximum atomic E-state index is 4.62. The summed E-state index contributed by atoms with van der Waals surface area (Å²) in [6.45, 7) is 5.72. The van der Waals surface area contributed by atoms with Crippen molar-refractivity contribution in [1.29, 1.82) is 0 Å². The third kappa shape index (κ3) is 1.72.